The van der Waals surface area contributed by atoms with Crippen LogP contribution in [-0.4, -0.2) is 70.2 Å². The van der Waals surface area contributed by atoms with Crippen LogP contribution >= 0.6 is 0 Å². The Morgan fingerprint density at radius 1 is 1.10 bits per heavy atom. The van der Waals surface area contributed by atoms with Crippen molar-refractivity contribution in [1.29, 1.82) is 0 Å². The number of rotatable bonds is 7. The van der Waals surface area contributed by atoms with Gasteiger partial charge >= 0.3 is 0 Å². The average Bonchev–Trinajstić information content (AvgIpc) is 3.55. The lowest BCUT2D eigenvalue weighted by molar-refractivity contribution is -0.134. The third kappa shape index (κ3) is 5.01. The number of carbonyl (C=O) groups is 1. The van der Waals surface area contributed by atoms with Gasteiger partial charge in [-0.1, -0.05) is 24.3 Å². The number of nitrogens with zero attached hydrogens (tertiary/aromatic N) is 4. The molecule has 0 bridgehead atoms. The number of amides is 1. The van der Waals surface area contributed by atoms with Gasteiger partial charge in [0.05, 0.1) is 12.4 Å². The Labute approximate surface area is 185 Å². The molecule has 3 heterocycles. The number of ether oxygens (including phenoxy) is 1. The molecule has 0 N–H and O–H groups in total. The Morgan fingerprint density at radius 2 is 1.87 bits per heavy atom. The molecule has 166 valence electrons. The summed E-state index contributed by atoms with van der Waals surface area (Å²) in [7, 11) is 0. The van der Waals surface area contributed by atoms with Gasteiger partial charge in [0.1, 0.15) is 6.54 Å². The standard InChI is InChI=1S/C25H34N4O2/c30-25(18-27-12-9-26-19-27)29(17-24-6-3-13-31-24)16-20-7-10-28(11-8-20)23-14-21-4-1-2-5-22(21)15-23/h1-2,4-5,9,12,19-20,23-24H,3,6-8,10-11,13-18H2. The number of aromatic nitrogens is 2. The van der Waals surface area contributed by atoms with Crippen LogP contribution in [0.1, 0.15) is 36.8 Å². The second-order valence-corrected chi connectivity index (χ2v) is 9.48. The third-order valence-electron chi connectivity index (χ3n) is 7.35. The Morgan fingerprint density at radius 3 is 2.52 bits per heavy atom. The Balaban J connectivity index is 1.15. The van der Waals surface area contributed by atoms with E-state index in [1.165, 1.54) is 36.8 Å². The minimum absolute atomic E-state index is 0.183. The minimum atomic E-state index is 0.183. The molecule has 2 aliphatic heterocycles. The van der Waals surface area contributed by atoms with E-state index in [4.69, 9.17) is 4.74 Å². The summed E-state index contributed by atoms with van der Waals surface area (Å²) >= 11 is 0. The highest BCUT2D eigenvalue weighted by Gasteiger charge is 2.31. The monoisotopic (exact) mass is 422 g/mol. The van der Waals surface area contributed by atoms with E-state index in [1.54, 1.807) is 12.5 Å². The van der Waals surface area contributed by atoms with Crippen molar-refractivity contribution < 1.29 is 9.53 Å². The van der Waals surface area contributed by atoms with E-state index >= 15 is 0 Å². The van der Waals surface area contributed by atoms with Crippen LogP contribution in [0, 0.1) is 5.92 Å². The topological polar surface area (TPSA) is 50.6 Å². The van der Waals surface area contributed by atoms with Gasteiger partial charge in [0.25, 0.3) is 0 Å². The fraction of sp³-hybridized carbons (Fsp3) is 0.600. The maximum Gasteiger partial charge on any atom is 0.242 e. The Bertz CT molecular complexity index is 829. The molecule has 6 nitrogen and oxygen atoms in total. The molecule has 5 rings (SSSR count). The van der Waals surface area contributed by atoms with Gasteiger partial charge in [0, 0.05) is 38.1 Å². The predicted octanol–water partition coefficient (Wildman–Crippen LogP) is 2.77. The van der Waals surface area contributed by atoms with E-state index in [0.29, 0.717) is 18.5 Å². The second kappa shape index (κ2) is 9.53. The van der Waals surface area contributed by atoms with Gasteiger partial charge in [-0.05, 0) is 68.7 Å². The molecule has 1 unspecified atom stereocenters. The predicted molar refractivity (Wildman–Crippen MR) is 120 cm³/mol. The molecule has 3 aliphatic rings. The van der Waals surface area contributed by atoms with Gasteiger partial charge in [-0.15, -0.1) is 0 Å². The zero-order valence-electron chi connectivity index (χ0n) is 18.4. The zero-order chi connectivity index (χ0) is 21.0. The van der Waals surface area contributed by atoms with Gasteiger partial charge in [0.15, 0.2) is 0 Å². The molecule has 1 aromatic carbocycles. The lowest BCUT2D eigenvalue weighted by atomic mass is 9.94. The molecule has 0 spiro atoms. The lowest BCUT2D eigenvalue weighted by Crippen LogP contribution is -2.46. The molecular formula is C25H34N4O2. The van der Waals surface area contributed by atoms with Crippen LogP contribution in [0.3, 0.4) is 0 Å². The normalized spacial score (nSPS) is 22.6. The van der Waals surface area contributed by atoms with Crippen LogP contribution < -0.4 is 0 Å². The highest BCUT2D eigenvalue weighted by atomic mass is 16.5. The lowest BCUT2D eigenvalue weighted by Gasteiger charge is -2.38. The third-order valence-corrected chi connectivity index (χ3v) is 7.35. The van der Waals surface area contributed by atoms with Crippen LogP contribution in [0.4, 0.5) is 0 Å². The molecule has 2 saturated heterocycles. The van der Waals surface area contributed by atoms with E-state index in [1.807, 2.05) is 10.8 Å². The van der Waals surface area contributed by atoms with Crippen LogP contribution in [-0.2, 0) is 28.9 Å². The quantitative estimate of drug-likeness (QED) is 0.689. The van der Waals surface area contributed by atoms with Crippen molar-refractivity contribution in [2.75, 3.05) is 32.8 Å². The Hall–Kier alpha value is -2.18. The van der Waals surface area contributed by atoms with Crippen molar-refractivity contribution in [2.45, 2.75) is 57.2 Å². The molecule has 6 heteroatoms. The maximum atomic E-state index is 13.1. The summed E-state index contributed by atoms with van der Waals surface area (Å²) < 4.78 is 7.72. The summed E-state index contributed by atoms with van der Waals surface area (Å²) in [6.07, 6.45) is 12.4. The van der Waals surface area contributed by atoms with Gasteiger partial charge in [-0.25, -0.2) is 4.98 Å². The van der Waals surface area contributed by atoms with Crippen molar-refractivity contribution in [2.24, 2.45) is 5.92 Å². The number of hydrogen-bond acceptors (Lipinski definition) is 4. The van der Waals surface area contributed by atoms with Crippen molar-refractivity contribution in [3.8, 4) is 0 Å². The van der Waals surface area contributed by atoms with Crippen molar-refractivity contribution >= 4 is 5.91 Å². The first-order valence-electron chi connectivity index (χ1n) is 11.9. The van der Waals surface area contributed by atoms with E-state index in [9.17, 15) is 4.79 Å². The molecule has 1 aliphatic carbocycles. The van der Waals surface area contributed by atoms with E-state index < -0.39 is 0 Å². The number of benzene rings is 1. The molecule has 2 fully saturated rings. The number of imidazole rings is 1. The molecule has 1 aromatic heterocycles. The van der Waals surface area contributed by atoms with E-state index in [-0.39, 0.29) is 12.0 Å². The highest BCUT2D eigenvalue weighted by Crippen LogP contribution is 2.29. The average molecular weight is 423 g/mol. The van der Waals surface area contributed by atoms with Crippen LogP contribution in [0.25, 0.3) is 0 Å². The fourth-order valence-corrected chi connectivity index (χ4v) is 5.55. The second-order valence-electron chi connectivity index (χ2n) is 9.48. The highest BCUT2D eigenvalue weighted by molar-refractivity contribution is 5.76. The van der Waals surface area contributed by atoms with Gasteiger partial charge < -0.3 is 14.2 Å². The van der Waals surface area contributed by atoms with Crippen molar-refractivity contribution in [3.63, 3.8) is 0 Å². The summed E-state index contributed by atoms with van der Waals surface area (Å²) in [6, 6.07) is 9.56. The fourth-order valence-electron chi connectivity index (χ4n) is 5.55. The molecule has 0 radical (unpaired) electrons. The first-order chi connectivity index (χ1) is 15.2. The molecule has 2 aromatic rings. The van der Waals surface area contributed by atoms with Gasteiger partial charge in [-0.2, -0.15) is 0 Å². The maximum absolute atomic E-state index is 13.1. The Kier molecular flexibility index (Phi) is 6.37. The van der Waals surface area contributed by atoms with E-state index in [2.05, 4.69) is 39.0 Å². The van der Waals surface area contributed by atoms with Crippen LogP contribution in [0.2, 0.25) is 0 Å². The van der Waals surface area contributed by atoms with Crippen LogP contribution in [0.5, 0.6) is 0 Å². The molecule has 1 amide bonds. The first kappa shape index (κ1) is 20.7. The van der Waals surface area contributed by atoms with Gasteiger partial charge in [0.2, 0.25) is 5.91 Å². The number of carbonyl (C=O) groups excluding carboxylic acids is 1. The summed E-state index contributed by atoms with van der Waals surface area (Å²) in [5, 5.41) is 0. The first-order valence-corrected chi connectivity index (χ1v) is 11.9. The number of likely N-dealkylation sites (tertiary alicyclic amines) is 1. The summed E-state index contributed by atoms with van der Waals surface area (Å²) in [6.45, 7) is 5.07. The molecule has 1 atom stereocenters. The smallest absolute Gasteiger partial charge is 0.242 e. The number of hydrogen-bond donors (Lipinski definition) is 0. The van der Waals surface area contributed by atoms with Crippen molar-refractivity contribution in [3.05, 3.63) is 54.1 Å². The SMILES string of the molecule is O=C(Cn1ccnc1)N(CC1CCN(C2Cc3ccccc3C2)CC1)CC1CCCO1. The van der Waals surface area contributed by atoms with Gasteiger partial charge in [-0.3, -0.25) is 9.69 Å². The molecule has 0 saturated carbocycles. The van der Waals surface area contributed by atoms with Crippen molar-refractivity contribution in [1.82, 2.24) is 19.4 Å². The molecular weight excluding hydrogens is 388 g/mol. The summed E-state index contributed by atoms with van der Waals surface area (Å²) in [5.41, 5.74) is 3.06. The minimum Gasteiger partial charge on any atom is -0.376 e. The zero-order valence-corrected chi connectivity index (χ0v) is 18.4. The number of piperidine rings is 1. The summed E-state index contributed by atoms with van der Waals surface area (Å²) in [4.78, 5) is 21.9. The molecule has 31 heavy (non-hydrogen) atoms. The largest absolute Gasteiger partial charge is 0.376 e. The van der Waals surface area contributed by atoms with E-state index in [0.717, 1.165) is 45.6 Å². The van der Waals surface area contributed by atoms with Crippen LogP contribution in [0.15, 0.2) is 43.0 Å². The summed E-state index contributed by atoms with van der Waals surface area (Å²) in [5.74, 6) is 0.760. The number of fused-ring (bicyclic) bond motifs is 1.